The van der Waals surface area contributed by atoms with Crippen molar-refractivity contribution in [1.29, 1.82) is 0 Å². The molecule has 0 aliphatic carbocycles. The molecular weight excluding hydrogens is 399 g/mol. The number of sulfonamides is 1. The third kappa shape index (κ3) is 6.19. The van der Waals surface area contributed by atoms with Gasteiger partial charge in [-0.25, -0.2) is 12.8 Å². The highest BCUT2D eigenvalue weighted by Gasteiger charge is 2.21. The molecule has 0 spiro atoms. The van der Waals surface area contributed by atoms with Gasteiger partial charge in [0.1, 0.15) is 12.4 Å². The summed E-state index contributed by atoms with van der Waals surface area (Å²) >= 11 is 7.29. The highest BCUT2D eigenvalue weighted by atomic mass is 35.5. The molecule has 0 fully saturated rings. The maximum absolute atomic E-state index is 13.3. The second-order valence-corrected chi connectivity index (χ2v) is 8.86. The summed E-state index contributed by atoms with van der Waals surface area (Å²) in [5.74, 6) is -0.465. The van der Waals surface area contributed by atoms with E-state index in [0.717, 1.165) is 21.5 Å². The molecule has 0 bridgehead atoms. The zero-order valence-electron chi connectivity index (χ0n) is 14.0. The number of thioether (sulfide) groups is 1. The summed E-state index contributed by atoms with van der Waals surface area (Å²) in [6, 6.07) is 13.2. The number of rotatable bonds is 8. The van der Waals surface area contributed by atoms with Gasteiger partial charge in [0.15, 0.2) is 0 Å². The first-order valence-corrected chi connectivity index (χ1v) is 10.9. The highest BCUT2D eigenvalue weighted by molar-refractivity contribution is 7.99. The molecule has 0 unspecified atom stereocenters. The van der Waals surface area contributed by atoms with Gasteiger partial charge in [-0.05, 0) is 30.3 Å². The van der Waals surface area contributed by atoms with Crippen LogP contribution < -0.4 is 9.62 Å². The number of benzene rings is 2. The molecular formula is C17H18ClFN2O3S2. The first-order valence-electron chi connectivity index (χ1n) is 7.64. The molecule has 1 N–H and O–H groups in total. The molecule has 140 valence electrons. The van der Waals surface area contributed by atoms with Gasteiger partial charge in [-0.1, -0.05) is 29.8 Å². The van der Waals surface area contributed by atoms with Crippen molar-refractivity contribution < 1.29 is 17.6 Å². The lowest BCUT2D eigenvalue weighted by atomic mass is 10.3. The Morgan fingerprint density at radius 2 is 1.92 bits per heavy atom. The average Bonchev–Trinajstić information content (AvgIpc) is 2.59. The Morgan fingerprint density at radius 1 is 1.23 bits per heavy atom. The lowest BCUT2D eigenvalue weighted by molar-refractivity contribution is -0.119. The zero-order chi connectivity index (χ0) is 19.2. The summed E-state index contributed by atoms with van der Waals surface area (Å²) in [5.41, 5.74) is 0.132. The van der Waals surface area contributed by atoms with Crippen LogP contribution in [0.15, 0.2) is 53.4 Å². The Hall–Kier alpha value is -1.77. The Bertz CT molecular complexity index is 864. The van der Waals surface area contributed by atoms with Crippen LogP contribution in [0.5, 0.6) is 0 Å². The molecule has 26 heavy (non-hydrogen) atoms. The molecule has 2 aromatic rings. The van der Waals surface area contributed by atoms with Crippen LogP contribution in [-0.4, -0.2) is 39.4 Å². The molecule has 0 aliphatic heterocycles. The van der Waals surface area contributed by atoms with Crippen LogP contribution in [0.1, 0.15) is 0 Å². The van der Waals surface area contributed by atoms with E-state index in [0.29, 0.717) is 12.3 Å². The molecule has 2 rings (SSSR count). The van der Waals surface area contributed by atoms with E-state index in [1.165, 1.54) is 12.1 Å². The summed E-state index contributed by atoms with van der Waals surface area (Å²) in [7, 11) is -3.73. The zero-order valence-corrected chi connectivity index (χ0v) is 16.4. The van der Waals surface area contributed by atoms with Gasteiger partial charge < -0.3 is 5.32 Å². The Kier molecular flexibility index (Phi) is 7.31. The number of hydrogen-bond acceptors (Lipinski definition) is 4. The fourth-order valence-electron chi connectivity index (χ4n) is 2.10. The number of halogens is 2. The van der Waals surface area contributed by atoms with Gasteiger partial charge in [0.2, 0.25) is 15.9 Å². The van der Waals surface area contributed by atoms with E-state index in [1.54, 1.807) is 11.8 Å². The molecule has 1 amide bonds. The fourth-order valence-corrected chi connectivity index (χ4v) is 3.92. The van der Waals surface area contributed by atoms with Crippen LogP contribution in [-0.2, 0) is 14.8 Å². The molecule has 0 aliphatic rings. The Labute approximate surface area is 161 Å². The first-order chi connectivity index (χ1) is 12.3. The Morgan fingerprint density at radius 3 is 2.54 bits per heavy atom. The topological polar surface area (TPSA) is 66.5 Å². The number of hydrogen-bond donors (Lipinski definition) is 1. The molecule has 9 heteroatoms. The summed E-state index contributed by atoms with van der Waals surface area (Å²) in [6.45, 7) is -0.0169. The maximum atomic E-state index is 13.3. The number of carbonyl (C=O) groups is 1. The minimum Gasteiger partial charge on any atom is -0.354 e. The molecule has 0 radical (unpaired) electrons. The molecule has 0 heterocycles. The minimum absolute atomic E-state index is 0.132. The van der Waals surface area contributed by atoms with Crippen LogP contribution in [0.2, 0.25) is 5.02 Å². The predicted octanol–water partition coefficient (Wildman–Crippen LogP) is 3.15. The predicted molar refractivity (Wildman–Crippen MR) is 104 cm³/mol. The van der Waals surface area contributed by atoms with E-state index in [9.17, 15) is 17.6 Å². The van der Waals surface area contributed by atoms with Gasteiger partial charge in [0.05, 0.1) is 17.0 Å². The molecule has 0 saturated heterocycles. The van der Waals surface area contributed by atoms with Crippen molar-refractivity contribution in [2.24, 2.45) is 0 Å². The standard InChI is InChI=1S/C17H18ClFN2O3S2/c1-26(23,24)21(13-7-8-16(19)15(18)11-13)12-17(22)20-9-10-25-14-5-3-2-4-6-14/h2-8,11H,9-10,12H2,1H3,(H,20,22). The second kappa shape index (κ2) is 9.25. The summed E-state index contributed by atoms with van der Waals surface area (Å²) in [5, 5.41) is 2.47. The van der Waals surface area contributed by atoms with E-state index < -0.39 is 28.3 Å². The second-order valence-electron chi connectivity index (χ2n) is 5.38. The minimum atomic E-state index is -3.73. The first kappa shape index (κ1) is 20.5. The van der Waals surface area contributed by atoms with E-state index in [4.69, 9.17) is 11.6 Å². The van der Waals surface area contributed by atoms with E-state index in [2.05, 4.69) is 5.32 Å². The number of anilines is 1. The number of nitrogens with zero attached hydrogens (tertiary/aromatic N) is 1. The van der Waals surface area contributed by atoms with Gasteiger partial charge in [-0.15, -0.1) is 11.8 Å². The summed E-state index contributed by atoms with van der Waals surface area (Å²) in [4.78, 5) is 13.2. The highest BCUT2D eigenvalue weighted by Crippen LogP contribution is 2.24. The third-order valence-electron chi connectivity index (χ3n) is 3.31. The molecule has 2 aromatic carbocycles. The molecule has 0 saturated carbocycles. The lowest BCUT2D eigenvalue weighted by Crippen LogP contribution is -2.41. The van der Waals surface area contributed by atoms with Gasteiger partial charge in [-0.3, -0.25) is 9.10 Å². The smallest absolute Gasteiger partial charge is 0.240 e. The van der Waals surface area contributed by atoms with Crippen LogP contribution in [0.3, 0.4) is 0 Å². The van der Waals surface area contributed by atoms with Crippen molar-refractivity contribution in [2.45, 2.75) is 4.90 Å². The summed E-state index contributed by atoms with van der Waals surface area (Å²) in [6.07, 6.45) is 0.975. The van der Waals surface area contributed by atoms with Gasteiger partial charge >= 0.3 is 0 Å². The van der Waals surface area contributed by atoms with Gasteiger partial charge in [0.25, 0.3) is 0 Å². The molecule has 0 aromatic heterocycles. The molecule has 0 atom stereocenters. The summed E-state index contributed by atoms with van der Waals surface area (Å²) < 4.78 is 38.1. The van der Waals surface area contributed by atoms with Crippen molar-refractivity contribution in [2.75, 3.05) is 29.4 Å². The number of amides is 1. The van der Waals surface area contributed by atoms with E-state index >= 15 is 0 Å². The molecule has 5 nitrogen and oxygen atoms in total. The fraction of sp³-hybridized carbons (Fsp3) is 0.235. The van der Waals surface area contributed by atoms with Gasteiger partial charge in [-0.2, -0.15) is 0 Å². The van der Waals surface area contributed by atoms with Crippen molar-refractivity contribution >= 4 is 45.0 Å². The van der Waals surface area contributed by atoms with Crippen LogP contribution in [0.25, 0.3) is 0 Å². The third-order valence-corrected chi connectivity index (χ3v) is 5.76. The van der Waals surface area contributed by atoms with Gasteiger partial charge in [0, 0.05) is 17.2 Å². The Balaban J connectivity index is 1.93. The maximum Gasteiger partial charge on any atom is 0.240 e. The van der Waals surface area contributed by atoms with E-state index in [1.807, 2.05) is 30.3 Å². The number of carbonyl (C=O) groups excluding carboxylic acids is 1. The number of nitrogens with one attached hydrogen (secondary N) is 1. The largest absolute Gasteiger partial charge is 0.354 e. The van der Waals surface area contributed by atoms with Crippen molar-refractivity contribution in [1.82, 2.24) is 5.32 Å². The van der Waals surface area contributed by atoms with Crippen LogP contribution in [0, 0.1) is 5.82 Å². The quantitative estimate of drug-likeness (QED) is 0.530. The van der Waals surface area contributed by atoms with Crippen molar-refractivity contribution in [3.05, 3.63) is 59.4 Å². The van der Waals surface area contributed by atoms with Crippen molar-refractivity contribution in [3.63, 3.8) is 0 Å². The SMILES string of the molecule is CS(=O)(=O)N(CC(=O)NCCSc1ccccc1)c1ccc(F)c(Cl)c1. The normalized spacial score (nSPS) is 11.2. The van der Waals surface area contributed by atoms with Crippen molar-refractivity contribution in [3.8, 4) is 0 Å². The lowest BCUT2D eigenvalue weighted by Gasteiger charge is -2.22. The average molecular weight is 417 g/mol. The monoisotopic (exact) mass is 416 g/mol. The van der Waals surface area contributed by atoms with Crippen LogP contribution >= 0.6 is 23.4 Å². The van der Waals surface area contributed by atoms with E-state index in [-0.39, 0.29) is 10.7 Å². The van der Waals surface area contributed by atoms with Crippen LogP contribution in [0.4, 0.5) is 10.1 Å².